The first-order valence-electron chi connectivity index (χ1n) is 20.8. The molecule has 6 heterocycles. The number of nitrogen functional groups attached to an aromatic ring is 2. The molecule has 1 atom stereocenters. The number of rotatable bonds is 15. The molecular formula is C42H62Cl2N10O5. The van der Waals surface area contributed by atoms with Crippen molar-refractivity contribution in [1.29, 1.82) is 0 Å². The minimum absolute atomic E-state index is 0.0529. The second-order valence-corrected chi connectivity index (χ2v) is 17.4. The summed E-state index contributed by atoms with van der Waals surface area (Å²) in [6.45, 7) is 15.1. The number of likely N-dealkylation sites (tertiary alicyclic amines) is 2. The Bertz CT molecular complexity index is 2090. The number of Topliss-reactive ketones (excluding diaryl/α,β-unsaturated/α-hetero) is 1. The Kier molecular flexibility index (Phi) is 16.0. The van der Waals surface area contributed by atoms with Crippen LogP contribution in [0.25, 0.3) is 11.3 Å². The molecule has 4 aromatic rings. The van der Waals surface area contributed by atoms with Crippen molar-refractivity contribution in [1.82, 2.24) is 39.2 Å². The number of ketones is 1. The number of hydrogen-bond acceptors (Lipinski definition) is 11. The van der Waals surface area contributed by atoms with Gasteiger partial charge < -0.3 is 37.2 Å². The molecule has 59 heavy (non-hydrogen) atoms. The number of β-amino-alcohol motifs (C(OH)–C–C–N with tert-alkyl or cyclic N) is 1. The fraction of sp³-hybridized carbons (Fsp3) is 0.595. The lowest BCUT2D eigenvalue weighted by molar-refractivity contribution is -0.130. The number of carbonyl (C=O) groups excluding carboxylic acids is 3. The number of hydrogen-bond donors (Lipinski definition) is 6. The first-order chi connectivity index (χ1) is 28.1. The molecule has 17 heteroatoms. The predicted octanol–water partition coefficient (Wildman–Crippen LogP) is 4.51. The first kappa shape index (κ1) is 46.1. The van der Waals surface area contributed by atoms with E-state index in [1.165, 1.54) is 0 Å². The molecule has 2 aliphatic heterocycles. The Hall–Kier alpha value is -3.99. The van der Waals surface area contributed by atoms with E-state index in [2.05, 4.69) is 30.4 Å². The summed E-state index contributed by atoms with van der Waals surface area (Å²) < 4.78 is 3.35. The zero-order valence-corrected chi connectivity index (χ0v) is 36.6. The van der Waals surface area contributed by atoms with E-state index in [0.29, 0.717) is 75.6 Å². The van der Waals surface area contributed by atoms with Gasteiger partial charge in [0, 0.05) is 37.4 Å². The monoisotopic (exact) mass is 856 g/mol. The zero-order chi connectivity index (χ0) is 43.0. The highest BCUT2D eigenvalue weighted by molar-refractivity contribution is 6.33. The van der Waals surface area contributed by atoms with Crippen molar-refractivity contribution in [2.24, 2.45) is 17.3 Å². The van der Waals surface area contributed by atoms with Crippen LogP contribution in [0.3, 0.4) is 0 Å². The number of aromatic nitrogens is 4. The number of piperidine rings is 2. The Morgan fingerprint density at radius 2 is 1.22 bits per heavy atom. The second-order valence-electron chi connectivity index (χ2n) is 16.6. The summed E-state index contributed by atoms with van der Waals surface area (Å²) >= 11 is 12.5. The lowest BCUT2D eigenvalue weighted by atomic mass is 9.88. The quantitative estimate of drug-likeness (QED) is 0.0981. The van der Waals surface area contributed by atoms with Crippen molar-refractivity contribution < 1.29 is 24.6 Å². The molecule has 324 valence electrons. The lowest BCUT2D eigenvalue weighted by Gasteiger charge is -2.33. The van der Waals surface area contributed by atoms with Gasteiger partial charge in [0.1, 0.15) is 11.6 Å². The number of amides is 2. The van der Waals surface area contributed by atoms with E-state index in [0.717, 1.165) is 89.1 Å². The number of nitrogens with zero attached hydrogens (tertiary/aromatic N) is 6. The molecule has 6 rings (SSSR count). The van der Waals surface area contributed by atoms with Crippen LogP contribution in [0, 0.1) is 17.3 Å². The van der Waals surface area contributed by atoms with Crippen LogP contribution in [0.2, 0.25) is 10.0 Å². The number of aliphatic hydroxyl groups excluding tert-OH is 2. The maximum absolute atomic E-state index is 12.9. The molecule has 2 amide bonds. The van der Waals surface area contributed by atoms with Crippen molar-refractivity contribution >= 4 is 63.7 Å². The number of carbonyl (C=O) groups is 3. The zero-order valence-electron chi connectivity index (χ0n) is 35.1. The van der Waals surface area contributed by atoms with Gasteiger partial charge in [-0.25, -0.2) is 9.97 Å². The fourth-order valence-corrected chi connectivity index (χ4v) is 7.76. The Morgan fingerprint density at radius 3 is 1.61 bits per heavy atom. The molecule has 8 N–H and O–H groups in total. The molecule has 0 spiro atoms. The highest BCUT2D eigenvalue weighted by atomic mass is 35.5. The smallest absolute Gasteiger partial charge is 0.255 e. The minimum atomic E-state index is -0.707. The van der Waals surface area contributed by atoms with Crippen molar-refractivity contribution in [3.63, 3.8) is 0 Å². The number of pyridine rings is 2. The third-order valence-electron chi connectivity index (χ3n) is 11.7. The first-order valence-corrected chi connectivity index (χ1v) is 21.6. The van der Waals surface area contributed by atoms with Crippen LogP contribution in [0.1, 0.15) is 98.8 Å². The number of anilines is 2. The maximum atomic E-state index is 12.9. The van der Waals surface area contributed by atoms with Crippen LogP contribution in [0.4, 0.5) is 11.6 Å². The molecule has 2 saturated heterocycles. The summed E-state index contributed by atoms with van der Waals surface area (Å²) in [5, 5.41) is 25.9. The number of fused-ring (bicyclic) bond motifs is 2. The van der Waals surface area contributed by atoms with E-state index in [4.69, 9.17) is 34.7 Å². The van der Waals surface area contributed by atoms with Gasteiger partial charge in [-0.1, -0.05) is 57.8 Å². The van der Waals surface area contributed by atoms with Crippen LogP contribution < -0.4 is 22.1 Å². The van der Waals surface area contributed by atoms with Gasteiger partial charge in [-0.3, -0.25) is 28.1 Å². The third-order valence-corrected chi connectivity index (χ3v) is 12.3. The third kappa shape index (κ3) is 11.4. The summed E-state index contributed by atoms with van der Waals surface area (Å²) in [5.74, 6) is 1.19. The van der Waals surface area contributed by atoms with Crippen LogP contribution in [-0.2, 0) is 17.6 Å². The molecule has 15 nitrogen and oxygen atoms in total. The van der Waals surface area contributed by atoms with Gasteiger partial charge in [0.25, 0.3) is 11.8 Å². The molecule has 0 aliphatic carbocycles. The number of imidazole rings is 2. The Balaban J connectivity index is 0.000000225. The van der Waals surface area contributed by atoms with Gasteiger partial charge >= 0.3 is 0 Å². The predicted molar refractivity (Wildman–Crippen MR) is 233 cm³/mol. The van der Waals surface area contributed by atoms with Crippen molar-refractivity contribution in [2.45, 2.75) is 85.7 Å². The van der Waals surface area contributed by atoms with E-state index in [1.807, 2.05) is 33.2 Å². The molecule has 4 aromatic heterocycles. The number of aliphatic hydroxyl groups is 2. The Labute approximate surface area is 356 Å². The highest BCUT2D eigenvalue weighted by Crippen LogP contribution is 2.27. The summed E-state index contributed by atoms with van der Waals surface area (Å²) in [7, 11) is 0. The highest BCUT2D eigenvalue weighted by Gasteiger charge is 2.30. The second kappa shape index (κ2) is 20.5. The fourth-order valence-electron chi connectivity index (χ4n) is 7.36. The van der Waals surface area contributed by atoms with Crippen molar-refractivity contribution in [3.05, 3.63) is 57.1 Å². The van der Waals surface area contributed by atoms with E-state index >= 15 is 0 Å². The summed E-state index contributed by atoms with van der Waals surface area (Å²) in [5.41, 5.74) is 15.0. The lowest BCUT2D eigenvalue weighted by Crippen LogP contribution is -2.44. The average Bonchev–Trinajstić information content (AvgIpc) is 3.89. The van der Waals surface area contributed by atoms with Gasteiger partial charge in [-0.2, -0.15) is 0 Å². The molecule has 2 fully saturated rings. The average molecular weight is 858 g/mol. The standard InChI is InChI=1S/C22H32ClN5O3.C20H30ClN5O2/c1-4-15-11-28-19(24)17(23)9-16(20(28)26-15)21(31)25-10-14-5-7-27(8-6-14)12-18(30)22(2,3)13-29;1-3-14-11-26-18(22)17(21)9-16(19(26)24-14)20(28)23-10-13-5-7-25(8-6-13)12-15(27)4-2/h9,11,14,29H,4-8,10,12-13,24H2,1-3H3,(H,25,31);9,11,13,15,27H,3-8,10,12,22H2,1-2H3,(H,23,28). The largest absolute Gasteiger partial charge is 0.395 e. The van der Waals surface area contributed by atoms with E-state index in [9.17, 15) is 24.6 Å². The number of halogens is 2. The van der Waals surface area contributed by atoms with Gasteiger partial charge in [-0.05, 0) is 95.1 Å². The van der Waals surface area contributed by atoms with Gasteiger partial charge in [0.2, 0.25) is 0 Å². The summed E-state index contributed by atoms with van der Waals surface area (Å²) in [4.78, 5) is 51.5. The molecule has 0 aromatic carbocycles. The van der Waals surface area contributed by atoms with Crippen molar-refractivity contribution in [3.8, 4) is 0 Å². The SMILES string of the molecule is CCc1cn2c(N)c(Cl)cc(C(=O)NCC3CCN(CC(=O)C(C)(C)CO)CC3)c2n1.CCc1cn2c(N)c(Cl)cc(C(=O)NCC3CCN(CC(O)CC)CC3)c2n1. The number of nitrogens with one attached hydrogen (secondary N) is 2. The van der Waals surface area contributed by atoms with E-state index < -0.39 is 5.41 Å². The molecule has 1 unspecified atom stereocenters. The molecular weight excluding hydrogens is 795 g/mol. The normalized spacial score (nSPS) is 16.6. The Morgan fingerprint density at radius 1 is 0.797 bits per heavy atom. The van der Waals surface area contributed by atoms with Gasteiger partial charge in [-0.15, -0.1) is 0 Å². The molecule has 0 bridgehead atoms. The van der Waals surface area contributed by atoms with Crippen LogP contribution in [-0.4, -0.2) is 121 Å². The molecule has 2 aliphatic rings. The van der Waals surface area contributed by atoms with Crippen LogP contribution in [0.5, 0.6) is 0 Å². The summed E-state index contributed by atoms with van der Waals surface area (Å²) in [6, 6.07) is 3.17. The van der Waals surface area contributed by atoms with Crippen LogP contribution >= 0.6 is 23.2 Å². The van der Waals surface area contributed by atoms with E-state index in [1.54, 1.807) is 34.8 Å². The maximum Gasteiger partial charge on any atom is 0.255 e. The van der Waals surface area contributed by atoms with Gasteiger partial charge in [0.05, 0.1) is 51.8 Å². The topological polar surface area (TPSA) is 209 Å². The number of aryl methyl sites for hydroxylation is 2. The van der Waals surface area contributed by atoms with Crippen molar-refractivity contribution in [2.75, 3.05) is 70.4 Å². The number of nitrogens with two attached hydrogens (primary N) is 2. The van der Waals surface area contributed by atoms with Gasteiger partial charge in [0.15, 0.2) is 17.1 Å². The molecule has 0 radical (unpaired) electrons. The van der Waals surface area contributed by atoms with Crippen LogP contribution in [0.15, 0.2) is 24.5 Å². The summed E-state index contributed by atoms with van der Waals surface area (Å²) in [6.07, 6.45) is 9.47. The van der Waals surface area contributed by atoms with E-state index in [-0.39, 0.29) is 30.3 Å². The molecule has 0 saturated carbocycles. The minimum Gasteiger partial charge on any atom is -0.395 e.